The number of anilines is 1. The highest BCUT2D eigenvalue weighted by molar-refractivity contribution is 14.1. The van der Waals surface area contributed by atoms with Crippen molar-refractivity contribution in [2.24, 2.45) is 0 Å². The second-order valence-corrected chi connectivity index (χ2v) is 6.36. The van der Waals surface area contributed by atoms with Crippen molar-refractivity contribution < 1.29 is 14.0 Å². The van der Waals surface area contributed by atoms with Crippen LogP contribution in [-0.2, 0) is 4.79 Å². The average Bonchev–Trinajstić information content (AvgIpc) is 2.49. The van der Waals surface area contributed by atoms with Crippen LogP contribution in [0.2, 0.25) is 0 Å². The standard InChI is InChI=1S/C17H16FIN2O2/c1-11-3-6-13(7-4-11)20-16(22)10-21(2)17(23)14-8-5-12(18)9-15(14)19/h3-9H,10H2,1-2H3,(H,20,22). The Balaban J connectivity index is 2.00. The lowest BCUT2D eigenvalue weighted by molar-refractivity contribution is -0.116. The summed E-state index contributed by atoms with van der Waals surface area (Å²) in [4.78, 5) is 25.6. The van der Waals surface area contributed by atoms with Gasteiger partial charge in [-0.3, -0.25) is 9.59 Å². The number of carbonyl (C=O) groups is 2. The van der Waals surface area contributed by atoms with Gasteiger partial charge in [-0.05, 0) is 59.8 Å². The van der Waals surface area contributed by atoms with Crippen LogP contribution in [0.3, 0.4) is 0 Å². The molecule has 0 radical (unpaired) electrons. The number of halogens is 2. The molecule has 0 spiro atoms. The first-order valence-electron chi connectivity index (χ1n) is 6.94. The Bertz CT molecular complexity index is 732. The highest BCUT2D eigenvalue weighted by Crippen LogP contribution is 2.16. The van der Waals surface area contributed by atoms with Crippen LogP contribution < -0.4 is 5.32 Å². The van der Waals surface area contributed by atoms with Gasteiger partial charge in [0.05, 0.1) is 12.1 Å². The number of hydrogen-bond acceptors (Lipinski definition) is 2. The number of likely N-dealkylation sites (N-methyl/N-ethyl adjacent to an activating group) is 1. The molecule has 0 aromatic heterocycles. The van der Waals surface area contributed by atoms with Gasteiger partial charge in [0.15, 0.2) is 0 Å². The van der Waals surface area contributed by atoms with Gasteiger partial charge in [-0.2, -0.15) is 0 Å². The zero-order chi connectivity index (χ0) is 17.0. The average molecular weight is 426 g/mol. The quantitative estimate of drug-likeness (QED) is 0.762. The summed E-state index contributed by atoms with van der Waals surface area (Å²) in [7, 11) is 1.54. The first-order valence-corrected chi connectivity index (χ1v) is 8.01. The number of aryl methyl sites for hydroxylation is 1. The van der Waals surface area contributed by atoms with E-state index >= 15 is 0 Å². The molecule has 2 amide bonds. The zero-order valence-electron chi connectivity index (χ0n) is 12.8. The highest BCUT2D eigenvalue weighted by Gasteiger charge is 2.17. The Hall–Kier alpha value is -1.96. The van der Waals surface area contributed by atoms with Crippen LogP contribution in [0.4, 0.5) is 10.1 Å². The minimum Gasteiger partial charge on any atom is -0.332 e. The van der Waals surface area contributed by atoms with E-state index in [-0.39, 0.29) is 18.4 Å². The minimum atomic E-state index is -0.397. The van der Waals surface area contributed by atoms with Crippen molar-refractivity contribution in [2.75, 3.05) is 18.9 Å². The molecule has 2 aromatic rings. The molecular formula is C17H16FIN2O2. The predicted octanol–water partition coefficient (Wildman–Crippen LogP) is 3.45. The maximum Gasteiger partial charge on any atom is 0.255 e. The van der Waals surface area contributed by atoms with Crippen LogP contribution in [0.1, 0.15) is 15.9 Å². The fourth-order valence-electron chi connectivity index (χ4n) is 1.99. The Morgan fingerprint density at radius 3 is 2.43 bits per heavy atom. The van der Waals surface area contributed by atoms with E-state index in [1.807, 2.05) is 41.6 Å². The monoisotopic (exact) mass is 426 g/mol. The number of nitrogens with one attached hydrogen (secondary N) is 1. The van der Waals surface area contributed by atoms with Crippen molar-refractivity contribution in [2.45, 2.75) is 6.92 Å². The molecule has 0 bridgehead atoms. The Morgan fingerprint density at radius 2 is 1.83 bits per heavy atom. The summed E-state index contributed by atoms with van der Waals surface area (Å²) < 4.78 is 13.6. The van der Waals surface area contributed by atoms with Crippen LogP contribution in [0.5, 0.6) is 0 Å². The summed E-state index contributed by atoms with van der Waals surface area (Å²) in [5.74, 6) is -1.01. The summed E-state index contributed by atoms with van der Waals surface area (Å²) in [5, 5.41) is 2.74. The minimum absolute atomic E-state index is 0.0832. The molecule has 0 aliphatic rings. The van der Waals surface area contributed by atoms with Crippen LogP contribution in [0.25, 0.3) is 0 Å². The number of hydrogen-bond donors (Lipinski definition) is 1. The molecule has 23 heavy (non-hydrogen) atoms. The smallest absolute Gasteiger partial charge is 0.255 e. The SMILES string of the molecule is Cc1ccc(NC(=O)CN(C)C(=O)c2ccc(F)cc2I)cc1. The van der Waals surface area contributed by atoms with Crippen molar-refractivity contribution in [3.8, 4) is 0 Å². The van der Waals surface area contributed by atoms with E-state index in [2.05, 4.69) is 5.32 Å². The topological polar surface area (TPSA) is 49.4 Å². The molecule has 0 saturated heterocycles. The molecule has 0 aliphatic carbocycles. The third-order valence-electron chi connectivity index (χ3n) is 3.22. The van der Waals surface area contributed by atoms with Crippen LogP contribution >= 0.6 is 22.6 Å². The summed E-state index contributed by atoms with van der Waals surface area (Å²) in [6.07, 6.45) is 0. The summed E-state index contributed by atoms with van der Waals surface area (Å²) in [5.41, 5.74) is 2.15. The van der Waals surface area contributed by atoms with E-state index in [1.54, 1.807) is 12.1 Å². The fourth-order valence-corrected chi connectivity index (χ4v) is 2.70. The Kier molecular flexibility index (Phi) is 5.70. The fraction of sp³-hybridized carbons (Fsp3) is 0.176. The third-order valence-corrected chi connectivity index (χ3v) is 4.12. The molecule has 0 atom stereocenters. The molecule has 4 nitrogen and oxygen atoms in total. The molecule has 0 saturated carbocycles. The van der Waals surface area contributed by atoms with Gasteiger partial charge in [0.1, 0.15) is 5.82 Å². The molecule has 0 aliphatic heterocycles. The summed E-state index contributed by atoms with van der Waals surface area (Å²) >= 11 is 1.90. The molecule has 0 heterocycles. The third kappa shape index (κ3) is 4.75. The second kappa shape index (κ2) is 7.54. The Labute approximate surface area is 147 Å². The number of rotatable bonds is 4. The van der Waals surface area contributed by atoms with E-state index in [1.165, 1.54) is 30.1 Å². The summed E-state index contributed by atoms with van der Waals surface area (Å²) in [6, 6.07) is 11.3. The molecule has 0 unspecified atom stereocenters. The zero-order valence-corrected chi connectivity index (χ0v) is 14.9. The van der Waals surface area contributed by atoms with E-state index in [0.717, 1.165) is 5.56 Å². The van der Waals surface area contributed by atoms with Crippen LogP contribution in [0, 0.1) is 16.3 Å². The molecular weight excluding hydrogens is 410 g/mol. The maximum atomic E-state index is 13.1. The van der Waals surface area contributed by atoms with Gasteiger partial charge in [-0.25, -0.2) is 4.39 Å². The first-order chi connectivity index (χ1) is 10.9. The van der Waals surface area contributed by atoms with E-state index in [4.69, 9.17) is 0 Å². The van der Waals surface area contributed by atoms with E-state index in [9.17, 15) is 14.0 Å². The molecule has 2 rings (SSSR count). The normalized spacial score (nSPS) is 10.3. The lowest BCUT2D eigenvalue weighted by atomic mass is 10.2. The molecule has 120 valence electrons. The lowest BCUT2D eigenvalue weighted by Gasteiger charge is -2.17. The highest BCUT2D eigenvalue weighted by atomic mass is 127. The van der Waals surface area contributed by atoms with Gasteiger partial charge in [0.25, 0.3) is 5.91 Å². The van der Waals surface area contributed by atoms with Gasteiger partial charge in [0, 0.05) is 16.3 Å². The second-order valence-electron chi connectivity index (χ2n) is 5.20. The van der Waals surface area contributed by atoms with Gasteiger partial charge >= 0.3 is 0 Å². The van der Waals surface area contributed by atoms with E-state index < -0.39 is 5.82 Å². The Morgan fingerprint density at radius 1 is 1.17 bits per heavy atom. The van der Waals surface area contributed by atoms with Crippen molar-refractivity contribution >= 4 is 40.1 Å². The van der Waals surface area contributed by atoms with Gasteiger partial charge in [0.2, 0.25) is 5.91 Å². The van der Waals surface area contributed by atoms with Crippen molar-refractivity contribution in [1.82, 2.24) is 4.90 Å². The summed E-state index contributed by atoms with van der Waals surface area (Å²) in [6.45, 7) is 1.88. The number of amides is 2. The van der Waals surface area contributed by atoms with Gasteiger partial charge < -0.3 is 10.2 Å². The van der Waals surface area contributed by atoms with Crippen molar-refractivity contribution in [3.63, 3.8) is 0 Å². The van der Waals surface area contributed by atoms with Gasteiger partial charge in [-0.1, -0.05) is 17.7 Å². The van der Waals surface area contributed by atoms with Crippen molar-refractivity contribution in [3.05, 3.63) is 63.0 Å². The molecule has 6 heteroatoms. The van der Waals surface area contributed by atoms with E-state index in [0.29, 0.717) is 14.8 Å². The number of carbonyl (C=O) groups excluding carboxylic acids is 2. The molecule has 2 aromatic carbocycles. The number of nitrogens with zero attached hydrogens (tertiary/aromatic N) is 1. The molecule has 0 fully saturated rings. The number of benzene rings is 2. The maximum absolute atomic E-state index is 13.1. The molecule has 1 N–H and O–H groups in total. The predicted molar refractivity (Wildman–Crippen MR) is 95.9 cm³/mol. The largest absolute Gasteiger partial charge is 0.332 e. The lowest BCUT2D eigenvalue weighted by Crippen LogP contribution is -2.35. The van der Waals surface area contributed by atoms with Crippen LogP contribution in [0.15, 0.2) is 42.5 Å². The van der Waals surface area contributed by atoms with Gasteiger partial charge in [-0.15, -0.1) is 0 Å². The first kappa shape index (κ1) is 17.4. The van der Waals surface area contributed by atoms with Crippen molar-refractivity contribution in [1.29, 1.82) is 0 Å². The van der Waals surface area contributed by atoms with Crippen LogP contribution in [-0.4, -0.2) is 30.3 Å².